The first-order valence-electron chi connectivity index (χ1n) is 9.96. The van der Waals surface area contributed by atoms with Crippen LogP contribution in [0.1, 0.15) is 36.7 Å². The minimum absolute atomic E-state index is 0.0146. The maximum Gasteiger partial charge on any atom is 0.410 e. The fourth-order valence-electron chi connectivity index (χ4n) is 4.14. The number of hydrogen-bond donors (Lipinski definition) is 0. The van der Waals surface area contributed by atoms with Crippen molar-refractivity contribution in [1.82, 2.24) is 24.8 Å². The van der Waals surface area contributed by atoms with Crippen molar-refractivity contribution in [3.8, 4) is 5.69 Å². The minimum Gasteiger partial charge on any atom is -0.444 e. The van der Waals surface area contributed by atoms with Crippen LogP contribution >= 0.6 is 0 Å². The van der Waals surface area contributed by atoms with Gasteiger partial charge in [-0.2, -0.15) is 15.0 Å². The molecule has 1 aromatic carbocycles. The van der Waals surface area contributed by atoms with Crippen LogP contribution in [0.3, 0.4) is 0 Å². The lowest BCUT2D eigenvalue weighted by molar-refractivity contribution is 0.0275. The van der Waals surface area contributed by atoms with Gasteiger partial charge in [0.05, 0.1) is 23.6 Å². The predicted octanol–water partition coefficient (Wildman–Crippen LogP) is 2.51. The molecule has 8 heteroatoms. The number of benzene rings is 1. The zero-order valence-corrected chi connectivity index (χ0v) is 17.3. The molecule has 2 aromatic rings. The normalized spacial score (nSPS) is 21.4. The SMILES string of the molecule is Cc1ccc(-n2nccn2)c(C(=O)N2CC3CN(C(=O)OC(C)(C)C)CC3C2)c1. The smallest absolute Gasteiger partial charge is 0.410 e. The molecule has 2 atom stereocenters. The highest BCUT2D eigenvalue weighted by Crippen LogP contribution is 2.33. The van der Waals surface area contributed by atoms with Crippen LogP contribution in [0.25, 0.3) is 5.69 Å². The summed E-state index contributed by atoms with van der Waals surface area (Å²) in [6.45, 7) is 10.1. The van der Waals surface area contributed by atoms with Gasteiger partial charge in [-0.1, -0.05) is 11.6 Å². The molecule has 29 heavy (non-hydrogen) atoms. The molecule has 154 valence electrons. The van der Waals surface area contributed by atoms with E-state index in [-0.39, 0.29) is 23.8 Å². The molecule has 2 aliphatic heterocycles. The van der Waals surface area contributed by atoms with E-state index in [4.69, 9.17) is 4.74 Å². The first-order valence-corrected chi connectivity index (χ1v) is 9.96. The Hall–Kier alpha value is -2.90. The van der Waals surface area contributed by atoms with Crippen LogP contribution in [-0.4, -0.2) is 68.6 Å². The fourth-order valence-corrected chi connectivity index (χ4v) is 4.14. The predicted molar refractivity (Wildman–Crippen MR) is 107 cm³/mol. The van der Waals surface area contributed by atoms with Gasteiger partial charge in [0.25, 0.3) is 5.91 Å². The third-order valence-electron chi connectivity index (χ3n) is 5.44. The fraction of sp³-hybridized carbons (Fsp3) is 0.524. The summed E-state index contributed by atoms with van der Waals surface area (Å²) in [5.41, 5.74) is 1.79. The first kappa shape index (κ1) is 19.4. The molecule has 2 fully saturated rings. The topological polar surface area (TPSA) is 80.6 Å². The van der Waals surface area contributed by atoms with Gasteiger partial charge in [0.15, 0.2) is 0 Å². The Morgan fingerprint density at radius 3 is 2.17 bits per heavy atom. The highest BCUT2D eigenvalue weighted by molar-refractivity contribution is 5.98. The van der Waals surface area contributed by atoms with Crippen LogP contribution in [0.15, 0.2) is 30.6 Å². The average molecular weight is 397 g/mol. The van der Waals surface area contributed by atoms with Gasteiger partial charge >= 0.3 is 6.09 Å². The number of hydrogen-bond acceptors (Lipinski definition) is 5. The van der Waals surface area contributed by atoms with E-state index in [0.29, 0.717) is 37.4 Å². The summed E-state index contributed by atoms with van der Waals surface area (Å²) < 4.78 is 5.49. The molecule has 0 spiro atoms. The Morgan fingerprint density at radius 2 is 1.59 bits per heavy atom. The van der Waals surface area contributed by atoms with E-state index >= 15 is 0 Å². The van der Waals surface area contributed by atoms with Crippen molar-refractivity contribution in [2.75, 3.05) is 26.2 Å². The molecule has 0 N–H and O–H groups in total. The number of fused-ring (bicyclic) bond motifs is 1. The van der Waals surface area contributed by atoms with Crippen molar-refractivity contribution < 1.29 is 14.3 Å². The molecule has 0 radical (unpaired) electrons. The molecule has 0 saturated carbocycles. The molecule has 3 heterocycles. The zero-order chi connectivity index (χ0) is 20.8. The van der Waals surface area contributed by atoms with Crippen molar-refractivity contribution >= 4 is 12.0 Å². The Bertz CT molecular complexity index is 905. The van der Waals surface area contributed by atoms with Gasteiger partial charge in [0.2, 0.25) is 0 Å². The van der Waals surface area contributed by atoms with Gasteiger partial charge < -0.3 is 14.5 Å². The Morgan fingerprint density at radius 1 is 1.00 bits per heavy atom. The summed E-state index contributed by atoms with van der Waals surface area (Å²) in [5.74, 6) is 0.546. The van der Waals surface area contributed by atoms with Crippen LogP contribution in [0.4, 0.5) is 4.79 Å². The maximum absolute atomic E-state index is 13.3. The number of likely N-dealkylation sites (tertiary alicyclic amines) is 2. The van der Waals surface area contributed by atoms with E-state index in [9.17, 15) is 9.59 Å². The van der Waals surface area contributed by atoms with Gasteiger partial charge in [-0.25, -0.2) is 4.79 Å². The summed E-state index contributed by atoms with van der Waals surface area (Å²) in [5, 5.41) is 8.36. The molecule has 2 aliphatic rings. The van der Waals surface area contributed by atoms with Crippen LogP contribution < -0.4 is 0 Å². The van der Waals surface area contributed by atoms with Gasteiger partial charge in [-0.15, -0.1) is 0 Å². The van der Waals surface area contributed by atoms with Crippen LogP contribution in [0, 0.1) is 18.8 Å². The van der Waals surface area contributed by atoms with Crippen LogP contribution in [0.2, 0.25) is 0 Å². The number of aromatic nitrogens is 3. The second-order valence-corrected chi connectivity index (χ2v) is 8.95. The molecule has 1 aromatic heterocycles. The summed E-state index contributed by atoms with van der Waals surface area (Å²) in [6.07, 6.45) is 2.93. The largest absolute Gasteiger partial charge is 0.444 e. The highest BCUT2D eigenvalue weighted by atomic mass is 16.6. The van der Waals surface area contributed by atoms with Gasteiger partial charge in [-0.05, 0) is 39.8 Å². The average Bonchev–Trinajstić information content (AvgIpc) is 3.35. The van der Waals surface area contributed by atoms with Crippen molar-refractivity contribution in [3.63, 3.8) is 0 Å². The van der Waals surface area contributed by atoms with Crippen LogP contribution in [0.5, 0.6) is 0 Å². The number of carbonyl (C=O) groups is 2. The molecular weight excluding hydrogens is 370 g/mol. The van der Waals surface area contributed by atoms with E-state index in [1.54, 1.807) is 17.3 Å². The molecule has 0 bridgehead atoms. The third kappa shape index (κ3) is 3.97. The second-order valence-electron chi connectivity index (χ2n) is 8.95. The molecule has 8 nitrogen and oxygen atoms in total. The van der Waals surface area contributed by atoms with Crippen molar-refractivity contribution in [2.24, 2.45) is 11.8 Å². The quantitative estimate of drug-likeness (QED) is 0.778. The van der Waals surface area contributed by atoms with Crippen molar-refractivity contribution in [3.05, 3.63) is 41.7 Å². The molecule has 0 aliphatic carbocycles. The maximum atomic E-state index is 13.3. The lowest BCUT2D eigenvalue weighted by atomic mass is 10.0. The molecular formula is C21H27N5O3. The molecule has 2 unspecified atom stereocenters. The van der Waals surface area contributed by atoms with Gasteiger partial charge in [0.1, 0.15) is 5.60 Å². The monoisotopic (exact) mass is 397 g/mol. The number of aryl methyl sites for hydroxylation is 1. The summed E-state index contributed by atoms with van der Waals surface area (Å²) in [4.78, 5) is 30.8. The van der Waals surface area contributed by atoms with Crippen molar-refractivity contribution in [1.29, 1.82) is 0 Å². The molecule has 2 saturated heterocycles. The summed E-state index contributed by atoms with van der Waals surface area (Å²) in [6, 6.07) is 5.72. The van der Waals surface area contributed by atoms with Crippen molar-refractivity contribution in [2.45, 2.75) is 33.3 Å². The lowest BCUT2D eigenvalue weighted by Gasteiger charge is -2.26. The molecule has 4 rings (SSSR count). The van der Waals surface area contributed by atoms with Gasteiger partial charge in [0, 0.05) is 38.0 Å². The lowest BCUT2D eigenvalue weighted by Crippen LogP contribution is -2.38. The van der Waals surface area contributed by atoms with Gasteiger partial charge in [-0.3, -0.25) is 4.79 Å². The minimum atomic E-state index is -0.501. The number of nitrogens with zero attached hydrogens (tertiary/aromatic N) is 5. The number of rotatable bonds is 2. The van der Waals surface area contributed by atoms with E-state index < -0.39 is 5.60 Å². The number of ether oxygens (including phenoxy) is 1. The Balaban J connectivity index is 1.46. The van der Waals surface area contributed by atoms with E-state index in [1.165, 1.54) is 4.80 Å². The second kappa shape index (κ2) is 7.17. The summed E-state index contributed by atoms with van der Waals surface area (Å²) >= 11 is 0. The zero-order valence-electron chi connectivity index (χ0n) is 17.3. The molecule has 2 amide bonds. The summed E-state index contributed by atoms with van der Waals surface area (Å²) in [7, 11) is 0. The van der Waals surface area contributed by atoms with E-state index in [1.807, 2.05) is 50.8 Å². The first-order chi connectivity index (χ1) is 13.7. The van der Waals surface area contributed by atoms with E-state index in [0.717, 1.165) is 5.56 Å². The highest BCUT2D eigenvalue weighted by Gasteiger charge is 2.44. The number of amides is 2. The Labute approximate surface area is 170 Å². The Kier molecular flexibility index (Phi) is 4.80. The number of carbonyl (C=O) groups excluding carboxylic acids is 2. The third-order valence-corrected chi connectivity index (χ3v) is 5.44. The van der Waals surface area contributed by atoms with E-state index in [2.05, 4.69) is 10.2 Å². The standard InChI is InChI=1S/C21H27N5O3/c1-14-5-6-18(26-22-7-8-23-26)17(9-14)19(27)24-10-15-12-25(13-16(15)11-24)20(28)29-21(2,3)4/h5-9,15-16H,10-13H2,1-4H3. The van der Waals surface area contributed by atoms with Crippen LogP contribution in [-0.2, 0) is 4.74 Å².